The monoisotopic (exact) mass is 500 g/mol. The van der Waals surface area contributed by atoms with Gasteiger partial charge < -0.3 is 9.42 Å². The Bertz CT molecular complexity index is 1240. The van der Waals surface area contributed by atoms with E-state index in [9.17, 15) is 4.79 Å². The molecule has 1 unspecified atom stereocenters. The van der Waals surface area contributed by atoms with Crippen LogP contribution >= 0.6 is 11.6 Å². The number of nitrogens with zero attached hydrogens (tertiary/aromatic N) is 4. The Hall–Kier alpha value is -3.48. The van der Waals surface area contributed by atoms with Gasteiger partial charge in [0.1, 0.15) is 0 Å². The van der Waals surface area contributed by atoms with E-state index in [4.69, 9.17) is 16.1 Å². The minimum absolute atomic E-state index is 0.0681. The summed E-state index contributed by atoms with van der Waals surface area (Å²) >= 11 is 6.10. The third-order valence-electron chi connectivity index (χ3n) is 6.51. The van der Waals surface area contributed by atoms with E-state index in [-0.39, 0.29) is 11.8 Å². The quantitative estimate of drug-likeness (QED) is 0.304. The van der Waals surface area contributed by atoms with Gasteiger partial charge in [-0.15, -0.1) is 0 Å². The van der Waals surface area contributed by atoms with Crippen LogP contribution in [0.25, 0.3) is 11.4 Å². The highest BCUT2D eigenvalue weighted by Gasteiger charge is 2.30. The zero-order valence-electron chi connectivity index (χ0n) is 20.1. The summed E-state index contributed by atoms with van der Waals surface area (Å²) in [7, 11) is 0. The van der Waals surface area contributed by atoms with E-state index in [2.05, 4.69) is 39.3 Å². The molecule has 1 aliphatic heterocycles. The Morgan fingerprint density at radius 2 is 1.67 bits per heavy atom. The topological polar surface area (TPSA) is 62.5 Å². The minimum atomic E-state index is -0.0681. The molecule has 6 nitrogen and oxygen atoms in total. The number of likely N-dealkylation sites (tertiary alicyclic amines) is 1. The van der Waals surface area contributed by atoms with Crippen molar-refractivity contribution in [2.75, 3.05) is 13.1 Å². The predicted molar refractivity (Wildman–Crippen MR) is 140 cm³/mol. The molecule has 36 heavy (non-hydrogen) atoms. The van der Waals surface area contributed by atoms with Crippen molar-refractivity contribution >= 4 is 17.5 Å². The molecular weight excluding hydrogens is 472 g/mol. The van der Waals surface area contributed by atoms with E-state index in [1.165, 1.54) is 0 Å². The van der Waals surface area contributed by atoms with Gasteiger partial charge in [-0.3, -0.25) is 9.69 Å². The lowest BCUT2D eigenvalue weighted by molar-refractivity contribution is -0.138. The molecule has 2 heterocycles. The number of halogens is 1. The molecule has 1 atom stereocenters. The molecule has 0 saturated carbocycles. The van der Waals surface area contributed by atoms with Gasteiger partial charge in [-0.1, -0.05) is 89.6 Å². The lowest BCUT2D eigenvalue weighted by Crippen LogP contribution is -2.44. The first-order valence-corrected chi connectivity index (χ1v) is 12.7. The molecule has 0 radical (unpaired) electrons. The molecule has 0 aliphatic carbocycles. The molecule has 0 bridgehead atoms. The van der Waals surface area contributed by atoms with Crippen LogP contribution in [0, 0.1) is 5.92 Å². The summed E-state index contributed by atoms with van der Waals surface area (Å²) in [5.74, 6) is 1.19. The average Bonchev–Trinajstić information content (AvgIpc) is 3.38. The third-order valence-corrected chi connectivity index (χ3v) is 6.74. The Morgan fingerprint density at radius 1 is 0.972 bits per heavy atom. The van der Waals surface area contributed by atoms with Gasteiger partial charge in [-0.2, -0.15) is 4.98 Å². The van der Waals surface area contributed by atoms with Gasteiger partial charge in [-0.05, 0) is 42.6 Å². The molecule has 184 valence electrons. The summed E-state index contributed by atoms with van der Waals surface area (Å²) in [6.45, 7) is 3.29. The zero-order valence-corrected chi connectivity index (χ0v) is 20.8. The Labute approximate surface area is 216 Å². The maximum atomic E-state index is 13.8. The van der Waals surface area contributed by atoms with Crippen molar-refractivity contribution in [1.82, 2.24) is 19.9 Å². The minimum Gasteiger partial charge on any atom is -0.338 e. The first kappa shape index (κ1) is 24.2. The van der Waals surface area contributed by atoms with Gasteiger partial charge in [0, 0.05) is 30.2 Å². The standard InChI is InChI=1S/C29H29ClN4O2/c30-26-15-7-13-24(17-26)28-31-27(36-32-28)21-33-16-8-14-25(20-33)29(35)34(18-22-9-3-1-4-10-22)19-23-11-5-2-6-12-23/h1-7,9-13,15,17,25H,8,14,16,18-21H2. The smallest absolute Gasteiger partial charge is 0.241 e. The van der Waals surface area contributed by atoms with Gasteiger partial charge >= 0.3 is 0 Å². The van der Waals surface area contributed by atoms with E-state index in [0.29, 0.717) is 42.9 Å². The first-order valence-electron chi connectivity index (χ1n) is 12.3. The molecule has 5 rings (SSSR count). The van der Waals surface area contributed by atoms with Crippen LogP contribution in [0.15, 0.2) is 89.5 Å². The van der Waals surface area contributed by atoms with Crippen molar-refractivity contribution < 1.29 is 9.32 Å². The summed E-state index contributed by atoms with van der Waals surface area (Å²) in [6, 6.07) is 27.8. The number of amides is 1. The number of piperidine rings is 1. The number of rotatable bonds is 8. The van der Waals surface area contributed by atoms with Crippen molar-refractivity contribution in [3.63, 3.8) is 0 Å². The summed E-state index contributed by atoms with van der Waals surface area (Å²) in [6.07, 6.45) is 1.84. The summed E-state index contributed by atoms with van der Waals surface area (Å²) < 4.78 is 5.52. The van der Waals surface area contributed by atoms with Crippen molar-refractivity contribution in [3.8, 4) is 11.4 Å². The largest absolute Gasteiger partial charge is 0.338 e. The van der Waals surface area contributed by atoms with Crippen molar-refractivity contribution in [1.29, 1.82) is 0 Å². The van der Waals surface area contributed by atoms with E-state index in [1.807, 2.05) is 65.6 Å². The number of aromatic nitrogens is 2. The fraction of sp³-hybridized carbons (Fsp3) is 0.276. The second-order valence-corrected chi connectivity index (χ2v) is 9.70. The molecular formula is C29H29ClN4O2. The van der Waals surface area contributed by atoms with Gasteiger partial charge in [0.25, 0.3) is 0 Å². The summed E-state index contributed by atoms with van der Waals surface area (Å²) in [4.78, 5) is 22.5. The van der Waals surface area contributed by atoms with Gasteiger partial charge in [-0.25, -0.2) is 0 Å². The second-order valence-electron chi connectivity index (χ2n) is 9.26. The van der Waals surface area contributed by atoms with E-state index < -0.39 is 0 Å². The average molecular weight is 501 g/mol. The van der Waals surface area contributed by atoms with Crippen molar-refractivity contribution in [3.05, 3.63) is 107 Å². The van der Waals surface area contributed by atoms with Crippen LogP contribution in [0.3, 0.4) is 0 Å². The number of hydrogen-bond acceptors (Lipinski definition) is 5. The van der Waals surface area contributed by atoms with Crippen molar-refractivity contribution in [2.45, 2.75) is 32.5 Å². The molecule has 1 fully saturated rings. The van der Waals surface area contributed by atoms with Crippen LogP contribution in [0.5, 0.6) is 0 Å². The highest BCUT2D eigenvalue weighted by molar-refractivity contribution is 6.30. The Morgan fingerprint density at radius 3 is 2.33 bits per heavy atom. The molecule has 7 heteroatoms. The zero-order chi connectivity index (χ0) is 24.7. The lowest BCUT2D eigenvalue weighted by Gasteiger charge is -2.34. The Kier molecular flexibility index (Phi) is 7.74. The Balaban J connectivity index is 1.26. The predicted octanol–water partition coefficient (Wildman–Crippen LogP) is 5.83. The molecule has 1 aliphatic rings. The maximum Gasteiger partial charge on any atom is 0.241 e. The maximum absolute atomic E-state index is 13.8. The van der Waals surface area contributed by atoms with Crippen LogP contribution in [-0.4, -0.2) is 38.9 Å². The molecule has 0 spiro atoms. The van der Waals surface area contributed by atoms with Gasteiger partial charge in [0.05, 0.1) is 12.5 Å². The SMILES string of the molecule is O=C(C1CCCN(Cc2nc(-c3cccc(Cl)c3)no2)C1)N(Cc1ccccc1)Cc1ccccc1. The molecule has 1 aromatic heterocycles. The third kappa shape index (κ3) is 6.20. The van der Waals surface area contributed by atoms with Crippen LogP contribution in [0.4, 0.5) is 0 Å². The van der Waals surface area contributed by atoms with Gasteiger partial charge in [0.2, 0.25) is 17.6 Å². The fourth-order valence-corrected chi connectivity index (χ4v) is 4.92. The number of carbonyl (C=O) groups excluding carboxylic acids is 1. The van der Waals surface area contributed by atoms with Crippen LogP contribution in [0.2, 0.25) is 5.02 Å². The summed E-state index contributed by atoms with van der Waals surface area (Å²) in [5.41, 5.74) is 3.09. The second kappa shape index (κ2) is 11.5. The highest BCUT2D eigenvalue weighted by atomic mass is 35.5. The molecule has 1 saturated heterocycles. The van der Waals surface area contributed by atoms with E-state index in [0.717, 1.165) is 36.1 Å². The first-order chi connectivity index (χ1) is 17.6. The molecule has 3 aromatic carbocycles. The number of benzene rings is 3. The molecule has 4 aromatic rings. The van der Waals surface area contributed by atoms with Crippen LogP contribution < -0.4 is 0 Å². The van der Waals surface area contributed by atoms with Crippen LogP contribution in [-0.2, 0) is 24.4 Å². The van der Waals surface area contributed by atoms with Crippen molar-refractivity contribution in [2.24, 2.45) is 5.92 Å². The van der Waals surface area contributed by atoms with Gasteiger partial charge in [0.15, 0.2) is 0 Å². The number of hydrogen-bond donors (Lipinski definition) is 0. The number of carbonyl (C=O) groups is 1. The van der Waals surface area contributed by atoms with E-state index in [1.54, 1.807) is 0 Å². The summed E-state index contributed by atoms with van der Waals surface area (Å²) in [5, 5.41) is 4.75. The molecule has 1 amide bonds. The molecule has 0 N–H and O–H groups in total. The highest BCUT2D eigenvalue weighted by Crippen LogP contribution is 2.24. The van der Waals surface area contributed by atoms with E-state index >= 15 is 0 Å². The fourth-order valence-electron chi connectivity index (χ4n) is 4.73. The normalized spacial score (nSPS) is 16.1. The van der Waals surface area contributed by atoms with Crippen LogP contribution in [0.1, 0.15) is 29.9 Å². The lowest BCUT2D eigenvalue weighted by atomic mass is 9.96.